The summed E-state index contributed by atoms with van der Waals surface area (Å²) in [6.07, 6.45) is 5.14. The van der Waals surface area contributed by atoms with Gasteiger partial charge in [-0.15, -0.1) is 0 Å². The molecule has 3 unspecified atom stereocenters. The first-order chi connectivity index (χ1) is 9.52. The third-order valence-corrected chi connectivity index (χ3v) is 4.73. The molecule has 5 nitrogen and oxygen atoms in total. The molecule has 2 rings (SSSR count). The van der Waals surface area contributed by atoms with E-state index in [-0.39, 0.29) is 23.8 Å². The summed E-state index contributed by atoms with van der Waals surface area (Å²) in [5.74, 6) is 0.579. The first kappa shape index (κ1) is 15.3. The minimum absolute atomic E-state index is 0.0276. The van der Waals surface area contributed by atoms with Crippen molar-refractivity contribution in [2.24, 2.45) is 17.6 Å². The Bertz CT molecular complexity index is 366. The maximum Gasteiger partial charge on any atom is 0.245 e. The fraction of sp³-hybridized carbons (Fsp3) is 0.867. The van der Waals surface area contributed by atoms with Gasteiger partial charge >= 0.3 is 0 Å². The molecule has 0 aromatic heterocycles. The van der Waals surface area contributed by atoms with Crippen LogP contribution in [0.15, 0.2) is 0 Å². The van der Waals surface area contributed by atoms with Crippen LogP contribution >= 0.6 is 0 Å². The van der Waals surface area contributed by atoms with E-state index < -0.39 is 6.04 Å². The summed E-state index contributed by atoms with van der Waals surface area (Å²) >= 11 is 0. The van der Waals surface area contributed by atoms with Crippen molar-refractivity contribution in [3.63, 3.8) is 0 Å². The third-order valence-electron chi connectivity index (χ3n) is 4.73. The van der Waals surface area contributed by atoms with Gasteiger partial charge in [-0.3, -0.25) is 9.59 Å². The molecule has 20 heavy (non-hydrogen) atoms. The minimum atomic E-state index is -0.429. The number of hydrogen-bond acceptors (Lipinski definition) is 3. The van der Waals surface area contributed by atoms with Gasteiger partial charge in [0, 0.05) is 18.5 Å². The van der Waals surface area contributed by atoms with Crippen molar-refractivity contribution < 1.29 is 9.59 Å². The van der Waals surface area contributed by atoms with Gasteiger partial charge in [0.25, 0.3) is 0 Å². The zero-order chi connectivity index (χ0) is 14.7. The molecule has 2 amide bonds. The Morgan fingerprint density at radius 3 is 2.55 bits per heavy atom. The molecule has 0 spiro atoms. The Hall–Kier alpha value is -1.10. The highest BCUT2D eigenvalue weighted by atomic mass is 16.2. The van der Waals surface area contributed by atoms with Crippen molar-refractivity contribution in [2.45, 2.75) is 58.0 Å². The second-order valence-corrected chi connectivity index (χ2v) is 6.39. The maximum absolute atomic E-state index is 12.4. The second kappa shape index (κ2) is 6.57. The molecule has 5 heteroatoms. The highest BCUT2D eigenvalue weighted by Crippen LogP contribution is 2.25. The Morgan fingerprint density at radius 1 is 1.35 bits per heavy atom. The van der Waals surface area contributed by atoms with E-state index in [1.165, 1.54) is 0 Å². The summed E-state index contributed by atoms with van der Waals surface area (Å²) in [7, 11) is 0. The van der Waals surface area contributed by atoms with Crippen LogP contribution in [0.25, 0.3) is 0 Å². The lowest BCUT2D eigenvalue weighted by Gasteiger charge is -2.26. The summed E-state index contributed by atoms with van der Waals surface area (Å²) in [6.45, 7) is 5.19. The molecule has 114 valence electrons. The van der Waals surface area contributed by atoms with Gasteiger partial charge in [-0.1, -0.05) is 12.8 Å². The quantitative estimate of drug-likeness (QED) is 0.803. The number of nitrogens with zero attached hydrogens (tertiary/aromatic N) is 1. The van der Waals surface area contributed by atoms with Crippen LogP contribution in [-0.4, -0.2) is 41.9 Å². The molecule has 0 aromatic carbocycles. The molecule has 2 aliphatic rings. The fourth-order valence-corrected chi connectivity index (χ4v) is 3.45. The van der Waals surface area contributed by atoms with E-state index in [0.717, 1.165) is 38.6 Å². The Kier molecular flexibility index (Phi) is 5.02. The van der Waals surface area contributed by atoms with Crippen LogP contribution in [-0.2, 0) is 9.59 Å². The molecule has 2 fully saturated rings. The molecular formula is C15H27N3O2. The number of carbonyl (C=O) groups excluding carboxylic acids is 2. The maximum atomic E-state index is 12.4. The molecule has 3 atom stereocenters. The predicted octanol–water partition coefficient (Wildman–Crippen LogP) is 0.877. The number of carbonyl (C=O) groups is 2. The average Bonchev–Trinajstić information content (AvgIpc) is 3.06. The number of nitrogens with two attached hydrogens (primary N) is 1. The standard InChI is InChI=1S/C15H27N3O2/c1-10-7-12(8-16)9-18(10)15(20)11(2)17-14(19)13-5-3-4-6-13/h10-13H,3-9,16H2,1-2H3,(H,17,19). The number of amides is 2. The molecule has 1 saturated heterocycles. The number of hydrogen-bond donors (Lipinski definition) is 2. The van der Waals surface area contributed by atoms with Crippen molar-refractivity contribution in [2.75, 3.05) is 13.1 Å². The zero-order valence-corrected chi connectivity index (χ0v) is 12.6. The van der Waals surface area contributed by atoms with Crippen molar-refractivity contribution in [1.82, 2.24) is 10.2 Å². The molecular weight excluding hydrogens is 254 g/mol. The van der Waals surface area contributed by atoms with Crippen molar-refractivity contribution in [1.29, 1.82) is 0 Å². The highest BCUT2D eigenvalue weighted by Gasteiger charge is 2.34. The summed E-state index contributed by atoms with van der Waals surface area (Å²) in [5, 5.41) is 2.89. The first-order valence-corrected chi connectivity index (χ1v) is 7.83. The molecule has 1 saturated carbocycles. The molecule has 1 aliphatic carbocycles. The van der Waals surface area contributed by atoms with E-state index in [1.807, 2.05) is 4.90 Å². The van der Waals surface area contributed by atoms with E-state index in [0.29, 0.717) is 12.5 Å². The minimum Gasteiger partial charge on any atom is -0.344 e. The van der Waals surface area contributed by atoms with E-state index in [2.05, 4.69) is 12.2 Å². The Morgan fingerprint density at radius 2 is 2.00 bits per heavy atom. The summed E-state index contributed by atoms with van der Waals surface area (Å²) in [4.78, 5) is 26.4. The fourth-order valence-electron chi connectivity index (χ4n) is 3.45. The molecule has 1 heterocycles. The summed E-state index contributed by atoms with van der Waals surface area (Å²) in [5.41, 5.74) is 5.69. The number of rotatable bonds is 4. The van der Waals surface area contributed by atoms with Crippen LogP contribution in [0.1, 0.15) is 46.0 Å². The van der Waals surface area contributed by atoms with Gasteiger partial charge in [-0.05, 0) is 45.6 Å². The largest absolute Gasteiger partial charge is 0.344 e. The van der Waals surface area contributed by atoms with Gasteiger partial charge in [0.2, 0.25) is 11.8 Å². The monoisotopic (exact) mass is 281 g/mol. The van der Waals surface area contributed by atoms with Crippen LogP contribution in [0.5, 0.6) is 0 Å². The molecule has 3 N–H and O–H groups in total. The van der Waals surface area contributed by atoms with E-state index in [4.69, 9.17) is 5.73 Å². The lowest BCUT2D eigenvalue weighted by Crippen LogP contribution is -2.49. The van der Waals surface area contributed by atoms with Gasteiger partial charge in [-0.25, -0.2) is 0 Å². The van der Waals surface area contributed by atoms with Crippen molar-refractivity contribution in [3.05, 3.63) is 0 Å². The van der Waals surface area contributed by atoms with Crippen molar-refractivity contribution >= 4 is 11.8 Å². The van der Waals surface area contributed by atoms with Crippen LogP contribution in [0.2, 0.25) is 0 Å². The number of nitrogens with one attached hydrogen (secondary N) is 1. The number of likely N-dealkylation sites (tertiary alicyclic amines) is 1. The van der Waals surface area contributed by atoms with Crippen LogP contribution in [0.3, 0.4) is 0 Å². The van der Waals surface area contributed by atoms with Gasteiger partial charge in [0.15, 0.2) is 0 Å². The van der Waals surface area contributed by atoms with Crippen LogP contribution in [0, 0.1) is 11.8 Å². The lowest BCUT2D eigenvalue weighted by atomic mass is 10.1. The molecule has 0 bridgehead atoms. The SMILES string of the molecule is CC(NC(=O)C1CCCC1)C(=O)N1CC(CN)CC1C. The van der Waals surface area contributed by atoms with E-state index in [9.17, 15) is 9.59 Å². The average molecular weight is 281 g/mol. The third kappa shape index (κ3) is 3.32. The van der Waals surface area contributed by atoms with E-state index >= 15 is 0 Å². The molecule has 1 aliphatic heterocycles. The molecule has 0 radical (unpaired) electrons. The van der Waals surface area contributed by atoms with Gasteiger partial charge in [0.1, 0.15) is 6.04 Å². The normalized spacial score (nSPS) is 28.6. The lowest BCUT2D eigenvalue weighted by molar-refractivity contribution is -0.137. The first-order valence-electron chi connectivity index (χ1n) is 7.83. The summed E-state index contributed by atoms with van der Waals surface area (Å²) < 4.78 is 0. The van der Waals surface area contributed by atoms with Crippen LogP contribution in [0.4, 0.5) is 0 Å². The van der Waals surface area contributed by atoms with Gasteiger partial charge in [0.05, 0.1) is 0 Å². The van der Waals surface area contributed by atoms with Crippen LogP contribution < -0.4 is 11.1 Å². The molecule has 0 aromatic rings. The Labute approximate surface area is 121 Å². The van der Waals surface area contributed by atoms with Crippen molar-refractivity contribution in [3.8, 4) is 0 Å². The zero-order valence-electron chi connectivity index (χ0n) is 12.6. The van der Waals surface area contributed by atoms with E-state index in [1.54, 1.807) is 6.92 Å². The predicted molar refractivity (Wildman–Crippen MR) is 77.9 cm³/mol. The van der Waals surface area contributed by atoms with Gasteiger partial charge in [-0.2, -0.15) is 0 Å². The highest BCUT2D eigenvalue weighted by molar-refractivity contribution is 5.88. The smallest absolute Gasteiger partial charge is 0.245 e. The second-order valence-electron chi connectivity index (χ2n) is 6.39. The van der Waals surface area contributed by atoms with Gasteiger partial charge < -0.3 is 16.0 Å². The topological polar surface area (TPSA) is 75.4 Å². The Balaban J connectivity index is 1.86. The summed E-state index contributed by atoms with van der Waals surface area (Å²) in [6, 6.07) is -0.205.